The van der Waals surface area contributed by atoms with Gasteiger partial charge in [0.15, 0.2) is 0 Å². The predicted molar refractivity (Wildman–Crippen MR) is 77.0 cm³/mol. The van der Waals surface area contributed by atoms with Crippen molar-refractivity contribution in [3.8, 4) is 0 Å². The maximum Gasteiger partial charge on any atom is 0.223 e. The zero-order valence-electron chi connectivity index (χ0n) is 10.1. The lowest BCUT2D eigenvalue weighted by Gasteiger charge is -2.06. The van der Waals surface area contributed by atoms with E-state index in [0.717, 1.165) is 26.6 Å². The van der Waals surface area contributed by atoms with E-state index in [4.69, 9.17) is 0 Å². The van der Waals surface area contributed by atoms with E-state index in [1.54, 1.807) is 6.20 Å². The van der Waals surface area contributed by atoms with E-state index in [2.05, 4.69) is 36.2 Å². The standard InChI is InChI=1S/C12H13BrN4S/c1-3-14-12-16-6-8(2)11(17-12)18-10-5-4-9(13)7-15-10/h4-7H,3H2,1-2H3,(H,14,16,17). The number of hydrogen-bond donors (Lipinski definition) is 1. The molecule has 2 heterocycles. The normalized spacial score (nSPS) is 10.4. The van der Waals surface area contributed by atoms with Gasteiger partial charge in [0.05, 0.1) is 0 Å². The number of halogens is 1. The minimum absolute atomic E-state index is 0.655. The summed E-state index contributed by atoms with van der Waals surface area (Å²) in [5.74, 6) is 0.655. The molecular weight excluding hydrogens is 312 g/mol. The maximum atomic E-state index is 4.47. The minimum atomic E-state index is 0.655. The van der Waals surface area contributed by atoms with Crippen molar-refractivity contribution in [3.63, 3.8) is 0 Å². The van der Waals surface area contributed by atoms with Gasteiger partial charge in [-0.2, -0.15) is 0 Å². The second kappa shape index (κ2) is 6.15. The quantitative estimate of drug-likeness (QED) is 0.872. The molecule has 6 heteroatoms. The third-order valence-corrected chi connectivity index (χ3v) is 3.69. The molecule has 0 radical (unpaired) electrons. The summed E-state index contributed by atoms with van der Waals surface area (Å²) >= 11 is 4.91. The number of anilines is 1. The summed E-state index contributed by atoms with van der Waals surface area (Å²) in [6.45, 7) is 4.83. The van der Waals surface area contributed by atoms with Crippen LogP contribution in [0.15, 0.2) is 39.1 Å². The van der Waals surface area contributed by atoms with Crippen molar-refractivity contribution in [1.29, 1.82) is 0 Å². The molecular formula is C12H13BrN4S. The second-order valence-corrected chi connectivity index (χ2v) is 5.55. The van der Waals surface area contributed by atoms with Gasteiger partial charge in [0.25, 0.3) is 0 Å². The SMILES string of the molecule is CCNc1ncc(C)c(Sc2ccc(Br)cn2)n1. The Morgan fingerprint density at radius 2 is 2.11 bits per heavy atom. The number of nitrogens with zero attached hydrogens (tertiary/aromatic N) is 3. The highest BCUT2D eigenvalue weighted by atomic mass is 79.9. The monoisotopic (exact) mass is 324 g/mol. The van der Waals surface area contributed by atoms with Crippen LogP contribution >= 0.6 is 27.7 Å². The van der Waals surface area contributed by atoms with Crippen LogP contribution in [0.4, 0.5) is 5.95 Å². The van der Waals surface area contributed by atoms with Gasteiger partial charge < -0.3 is 5.32 Å². The summed E-state index contributed by atoms with van der Waals surface area (Å²) in [5, 5.41) is 4.95. The number of aryl methyl sites for hydroxylation is 1. The average molecular weight is 325 g/mol. The van der Waals surface area contributed by atoms with Crippen molar-refractivity contribution in [2.24, 2.45) is 0 Å². The van der Waals surface area contributed by atoms with Crippen molar-refractivity contribution in [1.82, 2.24) is 15.0 Å². The summed E-state index contributed by atoms with van der Waals surface area (Å²) in [6, 6.07) is 3.93. The van der Waals surface area contributed by atoms with E-state index < -0.39 is 0 Å². The molecule has 2 aromatic heterocycles. The van der Waals surface area contributed by atoms with Crippen LogP contribution in [0.3, 0.4) is 0 Å². The lowest BCUT2D eigenvalue weighted by Crippen LogP contribution is -2.03. The Morgan fingerprint density at radius 3 is 2.78 bits per heavy atom. The summed E-state index contributed by atoms with van der Waals surface area (Å²) in [7, 11) is 0. The largest absolute Gasteiger partial charge is 0.354 e. The van der Waals surface area contributed by atoms with Crippen LogP contribution < -0.4 is 5.32 Å². The molecule has 94 valence electrons. The molecule has 0 spiro atoms. The van der Waals surface area contributed by atoms with Crippen LogP contribution in [0.25, 0.3) is 0 Å². The molecule has 0 fully saturated rings. The molecule has 0 atom stereocenters. The van der Waals surface area contributed by atoms with Gasteiger partial charge in [-0.1, -0.05) is 0 Å². The van der Waals surface area contributed by atoms with E-state index in [1.807, 2.05) is 32.2 Å². The van der Waals surface area contributed by atoms with Crippen molar-refractivity contribution < 1.29 is 0 Å². The number of pyridine rings is 1. The highest BCUT2D eigenvalue weighted by Gasteiger charge is 2.06. The Hall–Kier alpha value is -1.14. The van der Waals surface area contributed by atoms with Crippen LogP contribution in [-0.4, -0.2) is 21.5 Å². The number of nitrogens with one attached hydrogen (secondary N) is 1. The van der Waals surface area contributed by atoms with E-state index in [1.165, 1.54) is 11.8 Å². The first kappa shape index (κ1) is 13.3. The molecule has 0 bridgehead atoms. The van der Waals surface area contributed by atoms with Crippen molar-refractivity contribution in [3.05, 3.63) is 34.6 Å². The molecule has 0 aliphatic rings. The molecule has 4 nitrogen and oxygen atoms in total. The molecule has 18 heavy (non-hydrogen) atoms. The fourth-order valence-corrected chi connectivity index (χ4v) is 2.31. The van der Waals surface area contributed by atoms with Gasteiger partial charge in [-0.25, -0.2) is 15.0 Å². The van der Waals surface area contributed by atoms with Gasteiger partial charge in [-0.15, -0.1) is 0 Å². The molecule has 2 aromatic rings. The first-order valence-electron chi connectivity index (χ1n) is 5.56. The molecule has 0 amide bonds. The summed E-state index contributed by atoms with van der Waals surface area (Å²) < 4.78 is 0.972. The molecule has 1 N–H and O–H groups in total. The van der Waals surface area contributed by atoms with Crippen LogP contribution in [0, 0.1) is 6.92 Å². The third kappa shape index (κ3) is 3.43. The van der Waals surface area contributed by atoms with Crippen molar-refractivity contribution >= 4 is 33.6 Å². The molecule has 0 aromatic carbocycles. The van der Waals surface area contributed by atoms with Gasteiger partial charge in [-0.05, 0) is 53.7 Å². The highest BCUT2D eigenvalue weighted by molar-refractivity contribution is 9.10. The number of aromatic nitrogens is 3. The molecule has 0 saturated heterocycles. The first-order valence-corrected chi connectivity index (χ1v) is 7.17. The first-order chi connectivity index (χ1) is 8.69. The molecule has 0 saturated carbocycles. The lowest BCUT2D eigenvalue weighted by atomic mass is 10.4. The van der Waals surface area contributed by atoms with Crippen LogP contribution in [0.2, 0.25) is 0 Å². The van der Waals surface area contributed by atoms with E-state index in [-0.39, 0.29) is 0 Å². The molecule has 0 unspecified atom stereocenters. The van der Waals surface area contributed by atoms with Crippen LogP contribution in [-0.2, 0) is 0 Å². The summed E-state index contributed by atoms with van der Waals surface area (Å²) in [5.41, 5.74) is 1.05. The average Bonchev–Trinajstić information content (AvgIpc) is 2.36. The Bertz CT molecular complexity index is 530. The van der Waals surface area contributed by atoms with Gasteiger partial charge in [0.2, 0.25) is 5.95 Å². The molecule has 0 aliphatic carbocycles. The van der Waals surface area contributed by atoms with E-state index in [9.17, 15) is 0 Å². The minimum Gasteiger partial charge on any atom is -0.354 e. The molecule has 0 aliphatic heterocycles. The summed E-state index contributed by atoms with van der Waals surface area (Å²) in [6.07, 6.45) is 3.61. The zero-order valence-corrected chi connectivity index (χ0v) is 12.5. The number of hydrogen-bond acceptors (Lipinski definition) is 5. The van der Waals surface area contributed by atoms with Gasteiger partial charge in [-0.3, -0.25) is 0 Å². The molecule has 2 rings (SSSR count). The van der Waals surface area contributed by atoms with Crippen molar-refractivity contribution in [2.45, 2.75) is 23.9 Å². The van der Waals surface area contributed by atoms with Gasteiger partial charge >= 0.3 is 0 Å². The van der Waals surface area contributed by atoms with Crippen molar-refractivity contribution in [2.75, 3.05) is 11.9 Å². The topological polar surface area (TPSA) is 50.7 Å². The second-order valence-electron chi connectivity index (χ2n) is 3.63. The van der Waals surface area contributed by atoms with Gasteiger partial charge in [0.1, 0.15) is 10.1 Å². The summed E-state index contributed by atoms with van der Waals surface area (Å²) in [4.78, 5) is 13.0. The maximum absolute atomic E-state index is 4.47. The Labute approximate surface area is 119 Å². The fourth-order valence-electron chi connectivity index (χ4n) is 1.29. The predicted octanol–water partition coefficient (Wildman–Crippen LogP) is 3.53. The van der Waals surface area contributed by atoms with Crippen LogP contribution in [0.1, 0.15) is 12.5 Å². The zero-order chi connectivity index (χ0) is 13.0. The highest BCUT2D eigenvalue weighted by Crippen LogP contribution is 2.27. The fraction of sp³-hybridized carbons (Fsp3) is 0.250. The van der Waals surface area contributed by atoms with Crippen LogP contribution in [0.5, 0.6) is 0 Å². The smallest absolute Gasteiger partial charge is 0.223 e. The van der Waals surface area contributed by atoms with E-state index >= 15 is 0 Å². The third-order valence-electron chi connectivity index (χ3n) is 2.16. The Morgan fingerprint density at radius 1 is 1.28 bits per heavy atom. The Balaban J connectivity index is 2.22. The van der Waals surface area contributed by atoms with E-state index in [0.29, 0.717) is 5.95 Å². The number of rotatable bonds is 4. The van der Waals surface area contributed by atoms with Gasteiger partial charge in [0, 0.05) is 29.0 Å². The Kier molecular flexibility index (Phi) is 4.54. The lowest BCUT2D eigenvalue weighted by molar-refractivity contribution is 0.978.